The van der Waals surface area contributed by atoms with Gasteiger partial charge in [-0.3, -0.25) is 4.98 Å². The second kappa shape index (κ2) is 7.76. The third kappa shape index (κ3) is 4.33. The Hall–Kier alpha value is -2.57. The van der Waals surface area contributed by atoms with Gasteiger partial charge in [-0.2, -0.15) is 13.2 Å². The van der Waals surface area contributed by atoms with Crippen LogP contribution in [0.2, 0.25) is 0 Å². The number of hydrogen-bond acceptors (Lipinski definition) is 2. The van der Waals surface area contributed by atoms with Crippen molar-refractivity contribution in [3.8, 4) is 0 Å². The number of likely N-dealkylation sites (tertiary alicyclic amines) is 1. The topological polar surface area (TPSA) is 54.5 Å². The van der Waals surface area contributed by atoms with E-state index in [4.69, 9.17) is 5.73 Å². The first-order valence-corrected chi connectivity index (χ1v) is 8.58. The summed E-state index contributed by atoms with van der Waals surface area (Å²) < 4.78 is 37.9. The minimum Gasteiger partial charge on any atom is -0.370 e. The summed E-state index contributed by atoms with van der Waals surface area (Å²) in [5, 5.41) is 0. The zero-order valence-corrected chi connectivity index (χ0v) is 14.3. The number of nitrogens with two attached hydrogens (primary N) is 1. The van der Waals surface area contributed by atoms with Crippen LogP contribution < -0.4 is 5.73 Å². The minimum absolute atomic E-state index is 0.156. The van der Waals surface area contributed by atoms with Crippen molar-refractivity contribution in [1.82, 2.24) is 9.88 Å². The molecule has 1 atom stereocenters. The molecule has 0 amide bonds. The molecule has 3 rings (SSSR count). The molecule has 26 heavy (non-hydrogen) atoms. The number of aromatic nitrogens is 1. The summed E-state index contributed by atoms with van der Waals surface area (Å²) >= 11 is 0. The van der Waals surface area contributed by atoms with E-state index in [2.05, 4.69) is 14.9 Å². The average Bonchev–Trinajstić information content (AvgIpc) is 2.66. The number of pyridine rings is 1. The summed E-state index contributed by atoms with van der Waals surface area (Å²) in [6.45, 7) is 1.07. The van der Waals surface area contributed by atoms with Gasteiger partial charge in [-0.15, -0.1) is 0 Å². The molecule has 1 unspecified atom stereocenters. The fraction of sp³-hybridized carbons (Fsp3) is 0.368. The fourth-order valence-corrected chi connectivity index (χ4v) is 3.20. The standard InChI is InChI=1S/C19H21F3N4/c20-19(21,22)16-6-4-14(5-7-16)13-25-18(23)26-12-2-1-3-17(26)15-8-10-24-11-9-15/h4-11,17H,1-3,12-13H2,(H2,23,25). The van der Waals surface area contributed by atoms with Crippen molar-refractivity contribution >= 4 is 5.96 Å². The Kier molecular flexibility index (Phi) is 5.44. The highest BCUT2D eigenvalue weighted by Gasteiger charge is 2.30. The molecule has 0 bridgehead atoms. The molecule has 0 spiro atoms. The van der Waals surface area contributed by atoms with Crippen molar-refractivity contribution in [3.63, 3.8) is 0 Å². The van der Waals surface area contributed by atoms with Crippen molar-refractivity contribution in [2.75, 3.05) is 6.54 Å². The predicted octanol–water partition coefficient (Wildman–Crippen LogP) is 4.14. The number of rotatable bonds is 3. The van der Waals surface area contributed by atoms with E-state index in [0.29, 0.717) is 11.5 Å². The van der Waals surface area contributed by atoms with E-state index in [9.17, 15) is 13.2 Å². The molecule has 1 saturated heterocycles. The van der Waals surface area contributed by atoms with Gasteiger partial charge in [0.15, 0.2) is 5.96 Å². The van der Waals surface area contributed by atoms with Gasteiger partial charge >= 0.3 is 6.18 Å². The first kappa shape index (κ1) is 18.2. The van der Waals surface area contributed by atoms with E-state index < -0.39 is 11.7 Å². The third-order valence-corrected chi connectivity index (χ3v) is 4.59. The molecular weight excluding hydrogens is 341 g/mol. The van der Waals surface area contributed by atoms with Gasteiger partial charge in [-0.1, -0.05) is 12.1 Å². The van der Waals surface area contributed by atoms with Crippen molar-refractivity contribution in [3.05, 3.63) is 65.5 Å². The van der Waals surface area contributed by atoms with Crippen LogP contribution in [0.1, 0.15) is 42.0 Å². The van der Waals surface area contributed by atoms with Crippen LogP contribution in [0.25, 0.3) is 0 Å². The Bertz CT molecular complexity index is 742. The van der Waals surface area contributed by atoms with E-state index in [0.717, 1.165) is 43.5 Å². The van der Waals surface area contributed by atoms with Crippen molar-refractivity contribution in [2.45, 2.75) is 38.0 Å². The molecule has 1 aromatic heterocycles. The summed E-state index contributed by atoms with van der Waals surface area (Å²) in [6.07, 6.45) is 2.34. The molecule has 0 radical (unpaired) electrons. The Morgan fingerprint density at radius 3 is 2.46 bits per heavy atom. The molecule has 4 nitrogen and oxygen atoms in total. The van der Waals surface area contributed by atoms with Gasteiger partial charge < -0.3 is 10.6 Å². The molecular formula is C19H21F3N4. The van der Waals surface area contributed by atoms with Crippen LogP contribution in [0.15, 0.2) is 53.8 Å². The first-order chi connectivity index (χ1) is 12.4. The maximum Gasteiger partial charge on any atom is 0.416 e. The molecule has 0 saturated carbocycles. The van der Waals surface area contributed by atoms with E-state index in [1.54, 1.807) is 12.4 Å². The number of nitrogens with zero attached hydrogens (tertiary/aromatic N) is 3. The van der Waals surface area contributed by atoms with Gasteiger partial charge in [0.2, 0.25) is 0 Å². The molecule has 2 heterocycles. The SMILES string of the molecule is NC(=NCc1ccc(C(F)(F)F)cc1)N1CCCCC1c1ccncc1. The van der Waals surface area contributed by atoms with Gasteiger partial charge in [0.05, 0.1) is 18.2 Å². The highest BCUT2D eigenvalue weighted by atomic mass is 19.4. The number of alkyl halides is 3. The third-order valence-electron chi connectivity index (χ3n) is 4.59. The Balaban J connectivity index is 1.71. The van der Waals surface area contributed by atoms with Crippen LogP contribution in [-0.2, 0) is 12.7 Å². The largest absolute Gasteiger partial charge is 0.416 e. The summed E-state index contributed by atoms with van der Waals surface area (Å²) in [5.74, 6) is 0.423. The number of hydrogen-bond donors (Lipinski definition) is 1. The highest BCUT2D eigenvalue weighted by molar-refractivity contribution is 5.78. The quantitative estimate of drug-likeness (QED) is 0.659. The van der Waals surface area contributed by atoms with Crippen LogP contribution >= 0.6 is 0 Å². The lowest BCUT2D eigenvalue weighted by molar-refractivity contribution is -0.137. The molecule has 138 valence electrons. The van der Waals surface area contributed by atoms with Gasteiger partial charge in [-0.05, 0) is 54.7 Å². The summed E-state index contributed by atoms with van der Waals surface area (Å²) in [6, 6.07) is 9.14. The molecule has 1 aliphatic rings. The van der Waals surface area contributed by atoms with Gasteiger partial charge in [-0.25, -0.2) is 4.99 Å². The predicted molar refractivity (Wildman–Crippen MR) is 94.3 cm³/mol. The van der Waals surface area contributed by atoms with Crippen LogP contribution in [-0.4, -0.2) is 22.4 Å². The average molecular weight is 362 g/mol. The van der Waals surface area contributed by atoms with Crippen LogP contribution in [0, 0.1) is 0 Å². The molecule has 1 aliphatic heterocycles. The fourth-order valence-electron chi connectivity index (χ4n) is 3.20. The van der Waals surface area contributed by atoms with Gasteiger partial charge in [0.25, 0.3) is 0 Å². The maximum absolute atomic E-state index is 12.6. The second-order valence-electron chi connectivity index (χ2n) is 6.35. The van der Waals surface area contributed by atoms with E-state index in [1.165, 1.54) is 12.1 Å². The molecule has 2 aromatic rings. The van der Waals surface area contributed by atoms with E-state index in [1.807, 2.05) is 12.1 Å². The zero-order valence-electron chi connectivity index (χ0n) is 14.3. The second-order valence-corrected chi connectivity index (χ2v) is 6.35. The van der Waals surface area contributed by atoms with E-state index in [-0.39, 0.29) is 12.6 Å². The molecule has 1 aromatic carbocycles. The van der Waals surface area contributed by atoms with Crippen molar-refractivity contribution < 1.29 is 13.2 Å². The van der Waals surface area contributed by atoms with Crippen molar-refractivity contribution in [2.24, 2.45) is 10.7 Å². The summed E-state index contributed by atoms with van der Waals surface area (Å²) in [5.41, 5.74) is 7.38. The molecule has 1 fully saturated rings. The number of piperidine rings is 1. The number of guanidine groups is 1. The normalized spacial score (nSPS) is 18.8. The smallest absolute Gasteiger partial charge is 0.370 e. The lowest BCUT2D eigenvalue weighted by atomic mass is 9.96. The Morgan fingerprint density at radius 1 is 1.12 bits per heavy atom. The molecule has 2 N–H and O–H groups in total. The summed E-state index contributed by atoms with van der Waals surface area (Å²) in [7, 11) is 0. The van der Waals surface area contributed by atoms with Gasteiger partial charge in [0.1, 0.15) is 0 Å². The lowest BCUT2D eigenvalue weighted by Gasteiger charge is -2.36. The molecule has 7 heteroatoms. The number of halogens is 3. The lowest BCUT2D eigenvalue weighted by Crippen LogP contribution is -2.43. The van der Waals surface area contributed by atoms with Crippen LogP contribution in [0.4, 0.5) is 13.2 Å². The number of aliphatic imine (C=N–C) groups is 1. The monoisotopic (exact) mass is 362 g/mol. The maximum atomic E-state index is 12.6. The molecule has 0 aliphatic carbocycles. The Morgan fingerprint density at radius 2 is 1.81 bits per heavy atom. The summed E-state index contributed by atoms with van der Waals surface area (Å²) in [4.78, 5) is 10.5. The minimum atomic E-state index is -4.33. The van der Waals surface area contributed by atoms with Crippen LogP contribution in [0.3, 0.4) is 0 Å². The zero-order chi connectivity index (χ0) is 18.6. The van der Waals surface area contributed by atoms with E-state index >= 15 is 0 Å². The number of benzene rings is 1. The highest BCUT2D eigenvalue weighted by Crippen LogP contribution is 2.31. The van der Waals surface area contributed by atoms with Crippen molar-refractivity contribution in [1.29, 1.82) is 0 Å². The van der Waals surface area contributed by atoms with Gasteiger partial charge in [0, 0.05) is 18.9 Å². The first-order valence-electron chi connectivity index (χ1n) is 8.58. The Labute approximate surface area is 150 Å². The van der Waals surface area contributed by atoms with Crippen LogP contribution in [0.5, 0.6) is 0 Å².